The minimum absolute atomic E-state index is 0.00713. The summed E-state index contributed by atoms with van der Waals surface area (Å²) in [6.07, 6.45) is -1.59. The van der Waals surface area contributed by atoms with E-state index in [0.29, 0.717) is 26.3 Å². The third-order valence-electron chi connectivity index (χ3n) is 3.88. The smallest absolute Gasteiger partial charge is 0.356 e. The lowest BCUT2D eigenvalue weighted by atomic mass is 9.97. The first-order valence-corrected chi connectivity index (χ1v) is 7.06. The summed E-state index contributed by atoms with van der Waals surface area (Å²) in [6.45, 7) is 2.16. The molecule has 0 spiro atoms. The van der Waals surface area contributed by atoms with E-state index in [1.54, 1.807) is 4.90 Å². The molecule has 0 bridgehead atoms. The molecule has 3 rings (SSSR count). The van der Waals surface area contributed by atoms with Crippen LogP contribution in [0.3, 0.4) is 0 Å². The number of halogens is 3. The van der Waals surface area contributed by atoms with Crippen molar-refractivity contribution in [1.82, 2.24) is 4.98 Å². The van der Waals surface area contributed by atoms with Crippen LogP contribution in [0.2, 0.25) is 0 Å². The van der Waals surface area contributed by atoms with E-state index in [4.69, 9.17) is 9.47 Å². The number of pyridine rings is 1. The van der Waals surface area contributed by atoms with E-state index in [1.165, 1.54) is 12.3 Å². The van der Waals surface area contributed by atoms with Crippen molar-refractivity contribution in [2.45, 2.75) is 25.3 Å². The van der Waals surface area contributed by atoms with Crippen molar-refractivity contribution in [1.29, 1.82) is 0 Å². The summed E-state index contributed by atoms with van der Waals surface area (Å²) < 4.78 is 50.2. The van der Waals surface area contributed by atoms with Gasteiger partial charge in [-0.1, -0.05) is 0 Å². The molecule has 0 aliphatic carbocycles. The van der Waals surface area contributed by atoms with Crippen LogP contribution in [0.15, 0.2) is 18.3 Å². The molecule has 116 valence electrons. The maximum atomic E-state index is 13.1. The summed E-state index contributed by atoms with van der Waals surface area (Å²) in [5, 5.41) is 0. The number of hydrogen-bond donors (Lipinski definition) is 0. The van der Waals surface area contributed by atoms with Crippen molar-refractivity contribution in [3.05, 3.63) is 23.9 Å². The van der Waals surface area contributed by atoms with Crippen LogP contribution in [0.4, 0.5) is 19.0 Å². The van der Waals surface area contributed by atoms with Gasteiger partial charge in [-0.3, -0.25) is 0 Å². The van der Waals surface area contributed by atoms with Crippen molar-refractivity contribution in [2.75, 3.05) is 31.2 Å². The van der Waals surface area contributed by atoms with Crippen LogP contribution in [-0.2, 0) is 15.7 Å². The Kier molecular flexibility index (Phi) is 4.03. The van der Waals surface area contributed by atoms with Gasteiger partial charge in [0, 0.05) is 25.2 Å². The number of nitrogens with zero attached hydrogens (tertiary/aromatic N) is 2. The van der Waals surface area contributed by atoms with Crippen molar-refractivity contribution in [3.63, 3.8) is 0 Å². The highest BCUT2D eigenvalue weighted by Crippen LogP contribution is 2.37. The number of alkyl halides is 3. The summed E-state index contributed by atoms with van der Waals surface area (Å²) in [4.78, 5) is 5.65. The second-order valence-corrected chi connectivity index (χ2v) is 5.33. The fourth-order valence-electron chi connectivity index (χ4n) is 2.94. The van der Waals surface area contributed by atoms with E-state index >= 15 is 0 Å². The van der Waals surface area contributed by atoms with Gasteiger partial charge < -0.3 is 14.4 Å². The van der Waals surface area contributed by atoms with Crippen LogP contribution in [0, 0.1) is 5.92 Å². The largest absolute Gasteiger partial charge is 0.419 e. The standard InChI is InChI=1S/C14H17F3N2O2/c15-14(16,17)11-4-1-5-18-12(11)19-6-2-3-10(9-19)13-20-7-8-21-13/h1,4-5,10,13H,2-3,6-9H2. The van der Waals surface area contributed by atoms with Crippen molar-refractivity contribution >= 4 is 5.82 Å². The summed E-state index contributed by atoms with van der Waals surface area (Å²) in [5.74, 6) is 0.0945. The Hall–Kier alpha value is -1.34. The Bertz CT molecular complexity index is 489. The molecule has 1 atom stereocenters. The van der Waals surface area contributed by atoms with Crippen LogP contribution < -0.4 is 4.90 Å². The third kappa shape index (κ3) is 3.13. The van der Waals surface area contributed by atoms with E-state index in [-0.39, 0.29) is 18.0 Å². The zero-order valence-corrected chi connectivity index (χ0v) is 11.5. The highest BCUT2D eigenvalue weighted by molar-refractivity contribution is 5.48. The summed E-state index contributed by atoms with van der Waals surface area (Å²) >= 11 is 0. The van der Waals surface area contributed by atoms with Crippen molar-refractivity contribution < 1.29 is 22.6 Å². The Morgan fingerprint density at radius 3 is 2.71 bits per heavy atom. The molecule has 1 aromatic rings. The number of anilines is 1. The molecular weight excluding hydrogens is 285 g/mol. The minimum Gasteiger partial charge on any atom is -0.356 e. The molecule has 21 heavy (non-hydrogen) atoms. The van der Waals surface area contributed by atoms with Gasteiger partial charge >= 0.3 is 6.18 Å². The Labute approximate surface area is 120 Å². The molecule has 0 radical (unpaired) electrons. The highest BCUT2D eigenvalue weighted by Gasteiger charge is 2.38. The monoisotopic (exact) mass is 302 g/mol. The van der Waals surface area contributed by atoms with Gasteiger partial charge in [-0.05, 0) is 25.0 Å². The average molecular weight is 302 g/mol. The van der Waals surface area contributed by atoms with Gasteiger partial charge in [-0.2, -0.15) is 13.2 Å². The van der Waals surface area contributed by atoms with Crippen molar-refractivity contribution in [2.24, 2.45) is 5.92 Å². The lowest BCUT2D eigenvalue weighted by molar-refractivity contribution is -0.137. The minimum atomic E-state index is -4.39. The molecule has 2 saturated heterocycles. The fraction of sp³-hybridized carbons (Fsp3) is 0.643. The van der Waals surface area contributed by atoms with E-state index in [1.807, 2.05) is 0 Å². The maximum absolute atomic E-state index is 13.1. The SMILES string of the molecule is FC(F)(F)c1cccnc1N1CCCC(C2OCCO2)C1. The Morgan fingerprint density at radius 1 is 1.24 bits per heavy atom. The molecule has 7 heteroatoms. The molecule has 2 aliphatic heterocycles. The summed E-state index contributed by atoms with van der Waals surface area (Å²) in [5.41, 5.74) is -0.682. The molecule has 2 fully saturated rings. The van der Waals surface area contributed by atoms with Crippen LogP contribution in [-0.4, -0.2) is 37.6 Å². The van der Waals surface area contributed by atoms with Gasteiger partial charge in [0.15, 0.2) is 6.29 Å². The van der Waals surface area contributed by atoms with Gasteiger partial charge in [0.05, 0.1) is 18.8 Å². The van der Waals surface area contributed by atoms with E-state index in [2.05, 4.69) is 4.98 Å². The third-order valence-corrected chi connectivity index (χ3v) is 3.88. The number of aromatic nitrogens is 1. The van der Waals surface area contributed by atoms with Gasteiger partial charge in [0.2, 0.25) is 0 Å². The predicted molar refractivity (Wildman–Crippen MR) is 69.9 cm³/mol. The topological polar surface area (TPSA) is 34.6 Å². The number of ether oxygens (including phenoxy) is 2. The van der Waals surface area contributed by atoms with E-state index < -0.39 is 11.7 Å². The molecule has 0 amide bonds. The first-order valence-electron chi connectivity index (χ1n) is 7.06. The second-order valence-electron chi connectivity index (χ2n) is 5.33. The van der Waals surface area contributed by atoms with Crippen LogP contribution >= 0.6 is 0 Å². The zero-order chi connectivity index (χ0) is 14.9. The molecule has 3 heterocycles. The van der Waals surface area contributed by atoms with Gasteiger partial charge in [-0.15, -0.1) is 0 Å². The molecule has 4 nitrogen and oxygen atoms in total. The first kappa shape index (κ1) is 14.6. The van der Waals surface area contributed by atoms with Gasteiger partial charge in [0.1, 0.15) is 5.82 Å². The molecular formula is C14H17F3N2O2. The predicted octanol–water partition coefficient (Wildman–Crippen LogP) is 2.69. The molecule has 1 aromatic heterocycles. The zero-order valence-electron chi connectivity index (χ0n) is 11.5. The van der Waals surface area contributed by atoms with E-state index in [0.717, 1.165) is 18.9 Å². The molecule has 1 unspecified atom stereocenters. The number of rotatable bonds is 2. The van der Waals surface area contributed by atoms with Crippen molar-refractivity contribution in [3.8, 4) is 0 Å². The van der Waals surface area contributed by atoms with E-state index in [9.17, 15) is 13.2 Å². The molecule has 2 aliphatic rings. The highest BCUT2D eigenvalue weighted by atomic mass is 19.4. The molecule has 0 N–H and O–H groups in total. The Balaban J connectivity index is 1.80. The maximum Gasteiger partial charge on any atom is 0.419 e. The second kappa shape index (κ2) is 5.81. The average Bonchev–Trinajstić information content (AvgIpc) is 3.01. The first-order chi connectivity index (χ1) is 10.1. The summed E-state index contributed by atoms with van der Waals surface area (Å²) in [6, 6.07) is 2.39. The van der Waals surface area contributed by atoms with Crippen LogP contribution in [0.1, 0.15) is 18.4 Å². The number of piperidine rings is 1. The van der Waals surface area contributed by atoms with Crippen LogP contribution in [0.25, 0.3) is 0 Å². The van der Waals surface area contributed by atoms with Crippen LogP contribution in [0.5, 0.6) is 0 Å². The lowest BCUT2D eigenvalue weighted by Gasteiger charge is -2.36. The Morgan fingerprint density at radius 2 is 2.00 bits per heavy atom. The number of hydrogen-bond acceptors (Lipinski definition) is 4. The normalized spacial score (nSPS) is 24.5. The lowest BCUT2D eigenvalue weighted by Crippen LogP contribution is -2.42. The fourth-order valence-corrected chi connectivity index (χ4v) is 2.94. The van der Waals surface area contributed by atoms with Gasteiger partial charge in [0.25, 0.3) is 0 Å². The molecule has 0 aromatic carbocycles. The summed E-state index contributed by atoms with van der Waals surface area (Å²) in [7, 11) is 0. The molecule has 0 saturated carbocycles. The van der Waals surface area contributed by atoms with Gasteiger partial charge in [-0.25, -0.2) is 4.98 Å². The quantitative estimate of drug-likeness (QED) is 0.841.